The standard InChI is InChI=1S/C14H15NO3/c16-12(17)9-4-5-11-10(8-9)14(13(18)15-11)6-2-1-3-7-14/h4-5,8H,1-3,6-7H2,(H,15,18)(H,16,17). The van der Waals surface area contributed by atoms with Gasteiger partial charge in [0.05, 0.1) is 11.0 Å². The third-order valence-electron chi connectivity index (χ3n) is 4.17. The largest absolute Gasteiger partial charge is 0.478 e. The number of amides is 1. The molecule has 1 aliphatic carbocycles. The van der Waals surface area contributed by atoms with Crippen LogP contribution in [0, 0.1) is 0 Å². The summed E-state index contributed by atoms with van der Waals surface area (Å²) < 4.78 is 0. The van der Waals surface area contributed by atoms with E-state index >= 15 is 0 Å². The van der Waals surface area contributed by atoms with Crippen molar-refractivity contribution in [2.45, 2.75) is 37.5 Å². The predicted molar refractivity (Wildman–Crippen MR) is 66.8 cm³/mol. The summed E-state index contributed by atoms with van der Waals surface area (Å²) in [6.45, 7) is 0. The molecule has 4 nitrogen and oxygen atoms in total. The number of carbonyl (C=O) groups is 2. The first-order chi connectivity index (χ1) is 8.63. The maximum absolute atomic E-state index is 12.2. The number of carboxylic acids is 1. The van der Waals surface area contributed by atoms with E-state index < -0.39 is 11.4 Å². The van der Waals surface area contributed by atoms with Crippen molar-refractivity contribution < 1.29 is 14.7 Å². The van der Waals surface area contributed by atoms with Gasteiger partial charge in [0.1, 0.15) is 0 Å². The Morgan fingerprint density at radius 2 is 1.94 bits per heavy atom. The normalized spacial score (nSPS) is 20.6. The third-order valence-corrected chi connectivity index (χ3v) is 4.17. The lowest BCUT2D eigenvalue weighted by Gasteiger charge is -2.31. The maximum Gasteiger partial charge on any atom is 0.335 e. The Bertz CT molecular complexity index is 530. The van der Waals surface area contributed by atoms with E-state index in [1.54, 1.807) is 18.2 Å². The second-order valence-corrected chi connectivity index (χ2v) is 5.16. The molecule has 1 spiro atoms. The molecule has 2 N–H and O–H groups in total. The second-order valence-electron chi connectivity index (χ2n) is 5.16. The smallest absolute Gasteiger partial charge is 0.335 e. The SMILES string of the molecule is O=C(O)c1ccc2c(c1)C1(CCCCC1)C(=O)N2. The Morgan fingerprint density at radius 3 is 2.61 bits per heavy atom. The van der Waals surface area contributed by atoms with Crippen LogP contribution >= 0.6 is 0 Å². The number of aromatic carboxylic acids is 1. The zero-order valence-electron chi connectivity index (χ0n) is 10.0. The summed E-state index contributed by atoms with van der Waals surface area (Å²) in [5.74, 6) is -0.900. The number of fused-ring (bicyclic) bond motifs is 2. The molecule has 0 atom stereocenters. The minimum Gasteiger partial charge on any atom is -0.478 e. The lowest BCUT2D eigenvalue weighted by molar-refractivity contribution is -0.121. The number of anilines is 1. The molecule has 0 saturated heterocycles. The van der Waals surface area contributed by atoms with Crippen molar-refractivity contribution in [1.29, 1.82) is 0 Å². The van der Waals surface area contributed by atoms with Gasteiger partial charge in [-0.3, -0.25) is 4.79 Å². The maximum atomic E-state index is 12.2. The molecule has 18 heavy (non-hydrogen) atoms. The first-order valence-electron chi connectivity index (χ1n) is 6.33. The molecule has 1 aromatic carbocycles. The van der Waals surface area contributed by atoms with E-state index in [9.17, 15) is 9.59 Å². The van der Waals surface area contributed by atoms with Crippen LogP contribution in [0.3, 0.4) is 0 Å². The Labute approximate surface area is 105 Å². The molecule has 4 heteroatoms. The molecule has 2 aliphatic rings. The molecule has 0 radical (unpaired) electrons. The highest BCUT2D eigenvalue weighted by molar-refractivity contribution is 6.07. The van der Waals surface area contributed by atoms with Gasteiger partial charge in [-0.1, -0.05) is 19.3 Å². The number of nitrogens with one attached hydrogen (secondary N) is 1. The first-order valence-corrected chi connectivity index (χ1v) is 6.33. The van der Waals surface area contributed by atoms with Crippen LogP contribution < -0.4 is 5.32 Å². The summed E-state index contributed by atoms with van der Waals surface area (Å²) in [4.78, 5) is 23.3. The monoisotopic (exact) mass is 245 g/mol. The first kappa shape index (κ1) is 11.3. The molecular weight excluding hydrogens is 230 g/mol. The zero-order valence-corrected chi connectivity index (χ0v) is 10.0. The van der Waals surface area contributed by atoms with Crippen LogP contribution in [0.25, 0.3) is 0 Å². The summed E-state index contributed by atoms with van der Waals surface area (Å²) in [5.41, 5.74) is 1.45. The minimum absolute atomic E-state index is 0.0414. The number of benzene rings is 1. The van der Waals surface area contributed by atoms with Crippen LogP contribution in [-0.4, -0.2) is 17.0 Å². The molecule has 0 unspecified atom stereocenters. The third kappa shape index (κ3) is 1.45. The van der Waals surface area contributed by atoms with Crippen LogP contribution in [-0.2, 0) is 10.2 Å². The van der Waals surface area contributed by atoms with Crippen molar-refractivity contribution >= 4 is 17.6 Å². The van der Waals surface area contributed by atoms with Crippen LogP contribution in [0.1, 0.15) is 48.0 Å². The van der Waals surface area contributed by atoms with E-state index in [-0.39, 0.29) is 11.5 Å². The van der Waals surface area contributed by atoms with Gasteiger partial charge in [0.2, 0.25) is 5.91 Å². The fourth-order valence-electron chi connectivity index (χ4n) is 3.20. The van der Waals surface area contributed by atoms with Gasteiger partial charge in [-0.05, 0) is 36.6 Å². The molecule has 94 valence electrons. The Kier molecular flexibility index (Phi) is 2.40. The van der Waals surface area contributed by atoms with E-state index in [1.165, 1.54) is 0 Å². The summed E-state index contributed by atoms with van der Waals surface area (Å²) in [7, 11) is 0. The van der Waals surface area contributed by atoms with Gasteiger partial charge in [0.25, 0.3) is 0 Å². The molecular formula is C14H15NO3. The minimum atomic E-state index is -0.942. The highest BCUT2D eigenvalue weighted by Crippen LogP contribution is 2.47. The lowest BCUT2D eigenvalue weighted by Crippen LogP contribution is -2.36. The molecule has 1 aromatic rings. The molecule has 1 heterocycles. The zero-order chi connectivity index (χ0) is 12.8. The van der Waals surface area contributed by atoms with Crippen molar-refractivity contribution in [2.24, 2.45) is 0 Å². The molecule has 1 fully saturated rings. The van der Waals surface area contributed by atoms with Gasteiger partial charge in [-0.25, -0.2) is 4.79 Å². The van der Waals surface area contributed by atoms with Gasteiger partial charge in [0, 0.05) is 5.69 Å². The van der Waals surface area contributed by atoms with E-state index in [2.05, 4.69) is 5.32 Å². The summed E-state index contributed by atoms with van der Waals surface area (Å²) in [6, 6.07) is 4.92. The topological polar surface area (TPSA) is 66.4 Å². The van der Waals surface area contributed by atoms with Crippen molar-refractivity contribution in [1.82, 2.24) is 0 Å². The highest BCUT2D eigenvalue weighted by Gasteiger charge is 2.47. The summed E-state index contributed by atoms with van der Waals surface area (Å²) >= 11 is 0. The number of hydrogen-bond acceptors (Lipinski definition) is 2. The molecule has 0 aromatic heterocycles. The average Bonchev–Trinajstić information content (AvgIpc) is 2.63. The van der Waals surface area contributed by atoms with Gasteiger partial charge in [-0.2, -0.15) is 0 Å². The van der Waals surface area contributed by atoms with Gasteiger partial charge >= 0.3 is 5.97 Å². The highest BCUT2D eigenvalue weighted by atomic mass is 16.4. The van der Waals surface area contributed by atoms with Gasteiger partial charge in [-0.15, -0.1) is 0 Å². The molecule has 1 saturated carbocycles. The van der Waals surface area contributed by atoms with Crippen molar-refractivity contribution in [3.05, 3.63) is 29.3 Å². The Hall–Kier alpha value is -1.84. The van der Waals surface area contributed by atoms with Crippen LogP contribution in [0.4, 0.5) is 5.69 Å². The number of rotatable bonds is 1. The number of carbonyl (C=O) groups excluding carboxylic acids is 1. The van der Waals surface area contributed by atoms with E-state index in [4.69, 9.17) is 5.11 Å². The van der Waals surface area contributed by atoms with E-state index in [0.717, 1.165) is 43.4 Å². The molecule has 1 aliphatic heterocycles. The predicted octanol–water partition coefficient (Wildman–Crippen LogP) is 2.54. The summed E-state index contributed by atoms with van der Waals surface area (Å²) in [6.07, 6.45) is 4.88. The molecule has 3 rings (SSSR count). The van der Waals surface area contributed by atoms with Crippen molar-refractivity contribution in [3.63, 3.8) is 0 Å². The van der Waals surface area contributed by atoms with Crippen LogP contribution in [0.2, 0.25) is 0 Å². The fraction of sp³-hybridized carbons (Fsp3) is 0.429. The van der Waals surface area contributed by atoms with Gasteiger partial charge < -0.3 is 10.4 Å². The second kappa shape index (κ2) is 3.83. The quantitative estimate of drug-likeness (QED) is 0.799. The Balaban J connectivity index is 2.12. The Morgan fingerprint density at radius 1 is 1.22 bits per heavy atom. The number of hydrogen-bond donors (Lipinski definition) is 2. The fourth-order valence-corrected chi connectivity index (χ4v) is 3.20. The molecule has 1 amide bonds. The molecule has 0 bridgehead atoms. The van der Waals surface area contributed by atoms with Crippen molar-refractivity contribution in [2.75, 3.05) is 5.32 Å². The van der Waals surface area contributed by atoms with E-state index in [1.807, 2.05) is 0 Å². The van der Waals surface area contributed by atoms with Crippen LogP contribution in [0.15, 0.2) is 18.2 Å². The lowest BCUT2D eigenvalue weighted by atomic mass is 9.70. The summed E-state index contributed by atoms with van der Waals surface area (Å²) in [5, 5.41) is 12.0. The van der Waals surface area contributed by atoms with Gasteiger partial charge in [0.15, 0.2) is 0 Å². The van der Waals surface area contributed by atoms with Crippen molar-refractivity contribution in [3.8, 4) is 0 Å². The van der Waals surface area contributed by atoms with E-state index in [0.29, 0.717) is 0 Å². The van der Waals surface area contributed by atoms with Crippen LogP contribution in [0.5, 0.6) is 0 Å². The average molecular weight is 245 g/mol. The number of carboxylic acid groups (broad SMARTS) is 1.